The molecule has 1 aliphatic rings. The third-order valence-electron chi connectivity index (χ3n) is 4.45. The number of halogens is 3. The Morgan fingerprint density at radius 1 is 1.33 bits per heavy atom. The number of nitrogens with zero attached hydrogens (tertiary/aromatic N) is 1. The van der Waals surface area contributed by atoms with Crippen molar-refractivity contribution in [3.8, 4) is 0 Å². The summed E-state index contributed by atoms with van der Waals surface area (Å²) in [6, 6.07) is 2.67. The molecule has 0 radical (unpaired) electrons. The summed E-state index contributed by atoms with van der Waals surface area (Å²) < 4.78 is 57.2. The Kier molecular flexibility index (Phi) is 5.80. The fourth-order valence-electron chi connectivity index (χ4n) is 2.92. The highest BCUT2D eigenvalue weighted by Gasteiger charge is 2.35. The standard InChI is InChI=1S/C17H18F3N3O3S/c1-23-7-14(27(26)22-11-4-9(5-11)8-24)15(20)16(23)17(25)21-10-2-3-12(18)13(19)6-10/h2-3,6-7,9,11,22,24H,4-5,8H2,1H3,(H,21,25). The Balaban J connectivity index is 1.72. The topological polar surface area (TPSA) is 89.3 Å². The minimum atomic E-state index is -1.87. The maximum atomic E-state index is 14.7. The van der Waals surface area contributed by atoms with Gasteiger partial charge in [0, 0.05) is 25.4 Å². The highest BCUT2D eigenvalue weighted by molar-refractivity contribution is 7.89. The second-order valence-electron chi connectivity index (χ2n) is 6.45. The lowest BCUT2D eigenvalue weighted by molar-refractivity contribution is 0.101. The van der Waals surface area contributed by atoms with Crippen molar-refractivity contribution in [1.29, 1.82) is 0 Å². The van der Waals surface area contributed by atoms with E-state index in [1.807, 2.05) is 0 Å². The Morgan fingerprint density at radius 3 is 2.67 bits per heavy atom. The number of aryl methyl sites for hydroxylation is 1. The first-order valence-corrected chi connectivity index (χ1v) is 9.35. The number of carbonyl (C=O) groups excluding carboxylic acids is 1. The van der Waals surface area contributed by atoms with Crippen molar-refractivity contribution >= 4 is 23.0 Å². The molecule has 1 fully saturated rings. The van der Waals surface area contributed by atoms with E-state index in [4.69, 9.17) is 5.11 Å². The summed E-state index contributed by atoms with van der Waals surface area (Å²) in [5.41, 5.74) is -0.420. The molecule has 1 amide bonds. The third-order valence-corrected chi connectivity index (χ3v) is 5.68. The van der Waals surface area contributed by atoms with Gasteiger partial charge >= 0.3 is 0 Å². The summed E-state index contributed by atoms with van der Waals surface area (Å²) in [6.45, 7) is 0.0544. The van der Waals surface area contributed by atoms with Crippen molar-refractivity contribution in [1.82, 2.24) is 9.29 Å². The Morgan fingerprint density at radius 2 is 2.04 bits per heavy atom. The lowest BCUT2D eigenvalue weighted by Crippen LogP contribution is -2.45. The number of nitrogens with one attached hydrogen (secondary N) is 2. The van der Waals surface area contributed by atoms with Crippen molar-refractivity contribution < 1.29 is 27.6 Å². The molecule has 146 valence electrons. The van der Waals surface area contributed by atoms with Crippen LogP contribution >= 0.6 is 0 Å². The van der Waals surface area contributed by atoms with Crippen LogP contribution in [0.25, 0.3) is 0 Å². The number of rotatable bonds is 6. The van der Waals surface area contributed by atoms with Gasteiger partial charge in [-0.25, -0.2) is 8.78 Å². The number of aromatic nitrogens is 1. The average molecular weight is 401 g/mol. The summed E-state index contributed by atoms with van der Waals surface area (Å²) in [5.74, 6) is -3.90. The third kappa shape index (κ3) is 4.13. The molecule has 1 unspecified atom stereocenters. The van der Waals surface area contributed by atoms with Gasteiger partial charge in [-0.1, -0.05) is 0 Å². The number of benzene rings is 1. The molecule has 1 heterocycles. The molecular formula is C17H18F3N3O3S. The van der Waals surface area contributed by atoms with Crippen LogP contribution < -0.4 is 10.0 Å². The molecule has 2 aromatic rings. The Labute approximate surface area is 156 Å². The van der Waals surface area contributed by atoms with E-state index in [1.165, 1.54) is 17.8 Å². The van der Waals surface area contributed by atoms with Crippen molar-refractivity contribution in [2.45, 2.75) is 23.8 Å². The molecule has 0 saturated heterocycles. The maximum Gasteiger partial charge on any atom is 0.275 e. The van der Waals surface area contributed by atoms with Crippen LogP contribution in [0, 0.1) is 23.4 Å². The molecular weight excluding hydrogens is 383 g/mol. The first kappa shape index (κ1) is 19.7. The van der Waals surface area contributed by atoms with Gasteiger partial charge in [0.15, 0.2) is 11.6 Å². The zero-order chi connectivity index (χ0) is 19.7. The fourth-order valence-corrected chi connectivity index (χ4v) is 4.05. The van der Waals surface area contributed by atoms with E-state index >= 15 is 0 Å². The largest absolute Gasteiger partial charge is 0.593 e. The van der Waals surface area contributed by atoms with Gasteiger partial charge in [-0.05, 0) is 30.9 Å². The smallest absolute Gasteiger partial charge is 0.275 e. The van der Waals surface area contributed by atoms with Crippen LogP contribution in [-0.4, -0.2) is 32.8 Å². The number of amides is 1. The summed E-state index contributed by atoms with van der Waals surface area (Å²) >= 11 is -1.87. The van der Waals surface area contributed by atoms with Gasteiger partial charge in [0.05, 0.1) is 23.6 Å². The molecule has 1 saturated carbocycles. The lowest BCUT2D eigenvalue weighted by Gasteiger charge is -2.33. The first-order chi connectivity index (χ1) is 12.8. The minimum Gasteiger partial charge on any atom is -0.593 e. The molecule has 1 aliphatic carbocycles. The average Bonchev–Trinajstić information content (AvgIpc) is 2.88. The van der Waals surface area contributed by atoms with Gasteiger partial charge in [0.2, 0.25) is 10.7 Å². The Bertz CT molecular complexity index is 855. The number of aliphatic hydroxyl groups is 1. The zero-order valence-electron chi connectivity index (χ0n) is 14.3. The van der Waals surface area contributed by atoms with Gasteiger partial charge in [-0.3, -0.25) is 4.79 Å². The van der Waals surface area contributed by atoms with Gasteiger partial charge in [-0.2, -0.15) is 4.39 Å². The summed E-state index contributed by atoms with van der Waals surface area (Å²) in [5, 5.41) is 11.3. The number of carbonyl (C=O) groups is 1. The molecule has 3 N–H and O–H groups in total. The second-order valence-corrected chi connectivity index (χ2v) is 7.67. The quantitative estimate of drug-likeness (QED) is 0.647. The van der Waals surface area contributed by atoms with E-state index in [0.717, 1.165) is 18.2 Å². The normalized spacial score (nSPS) is 20.2. The zero-order valence-corrected chi connectivity index (χ0v) is 15.2. The number of hydrogen-bond donors (Lipinski definition) is 3. The second kappa shape index (κ2) is 7.93. The summed E-state index contributed by atoms with van der Waals surface area (Å²) in [7, 11) is 1.41. The van der Waals surface area contributed by atoms with Gasteiger partial charge in [-0.15, -0.1) is 4.72 Å². The van der Waals surface area contributed by atoms with E-state index in [1.54, 1.807) is 0 Å². The van der Waals surface area contributed by atoms with Crippen LogP contribution in [0.4, 0.5) is 18.9 Å². The fraction of sp³-hybridized carbons (Fsp3) is 0.353. The van der Waals surface area contributed by atoms with E-state index < -0.39 is 34.7 Å². The molecule has 3 rings (SSSR count). The van der Waals surface area contributed by atoms with Crippen molar-refractivity contribution in [3.05, 3.63) is 47.5 Å². The monoisotopic (exact) mass is 401 g/mol. The number of hydrogen-bond acceptors (Lipinski definition) is 4. The SMILES string of the molecule is Cn1cc([S+]([O-])NC2CC(CO)C2)c(F)c1C(=O)Nc1ccc(F)c(F)c1. The highest BCUT2D eigenvalue weighted by atomic mass is 32.2. The maximum absolute atomic E-state index is 14.7. The van der Waals surface area contributed by atoms with Crippen molar-refractivity contribution in [3.63, 3.8) is 0 Å². The molecule has 0 spiro atoms. The first-order valence-electron chi connectivity index (χ1n) is 8.20. The van der Waals surface area contributed by atoms with Crippen molar-refractivity contribution in [2.75, 3.05) is 11.9 Å². The van der Waals surface area contributed by atoms with Gasteiger partial charge in [0.25, 0.3) is 5.91 Å². The molecule has 1 aromatic carbocycles. The molecule has 0 aliphatic heterocycles. The molecule has 27 heavy (non-hydrogen) atoms. The Hall–Kier alpha value is -2.01. The molecule has 6 nitrogen and oxygen atoms in total. The number of aliphatic hydroxyl groups excluding tert-OH is 1. The molecule has 10 heteroatoms. The predicted octanol–water partition coefficient (Wildman–Crippen LogP) is 2.08. The molecule has 1 atom stereocenters. The van der Waals surface area contributed by atoms with Crippen LogP contribution in [0.5, 0.6) is 0 Å². The number of anilines is 1. The summed E-state index contributed by atoms with van der Waals surface area (Å²) in [6.07, 6.45) is 2.52. The van der Waals surface area contributed by atoms with E-state index in [9.17, 15) is 22.5 Å². The molecule has 1 aromatic heterocycles. The van der Waals surface area contributed by atoms with Crippen LogP contribution in [0.15, 0.2) is 29.3 Å². The molecule has 0 bridgehead atoms. The van der Waals surface area contributed by atoms with E-state index in [0.29, 0.717) is 12.8 Å². The summed E-state index contributed by atoms with van der Waals surface area (Å²) in [4.78, 5) is 12.1. The van der Waals surface area contributed by atoms with Gasteiger partial charge in [0.1, 0.15) is 5.69 Å². The van der Waals surface area contributed by atoms with Crippen LogP contribution in [0.2, 0.25) is 0 Å². The van der Waals surface area contributed by atoms with E-state index in [2.05, 4.69) is 10.0 Å². The van der Waals surface area contributed by atoms with Gasteiger partial charge < -0.3 is 19.5 Å². The van der Waals surface area contributed by atoms with Crippen LogP contribution in [0.1, 0.15) is 23.3 Å². The highest BCUT2D eigenvalue weighted by Crippen LogP contribution is 2.29. The minimum absolute atomic E-state index is 0.0372. The predicted molar refractivity (Wildman–Crippen MR) is 92.8 cm³/mol. The van der Waals surface area contributed by atoms with Crippen LogP contribution in [-0.2, 0) is 18.4 Å². The lowest BCUT2D eigenvalue weighted by atomic mass is 9.82. The van der Waals surface area contributed by atoms with E-state index in [-0.39, 0.29) is 34.8 Å². The van der Waals surface area contributed by atoms with Crippen LogP contribution in [0.3, 0.4) is 0 Å². The van der Waals surface area contributed by atoms with Crippen molar-refractivity contribution in [2.24, 2.45) is 13.0 Å².